The summed E-state index contributed by atoms with van der Waals surface area (Å²) in [5.74, 6) is 0.236. The topological polar surface area (TPSA) is 97.1 Å². The van der Waals surface area contributed by atoms with Crippen LogP contribution in [0.25, 0.3) is 0 Å². The van der Waals surface area contributed by atoms with E-state index >= 15 is 0 Å². The van der Waals surface area contributed by atoms with Gasteiger partial charge in [0.15, 0.2) is 5.78 Å². The Bertz CT molecular complexity index is 1030. The molecule has 2 aromatic rings. The zero-order valence-electron chi connectivity index (χ0n) is 15.7. The Hall–Kier alpha value is -2.38. The number of hydrogen-bond acceptors (Lipinski definition) is 6. The van der Waals surface area contributed by atoms with E-state index in [2.05, 4.69) is 20.9 Å². The molecular weight excluding hydrogens is 454 g/mol. The summed E-state index contributed by atoms with van der Waals surface area (Å²) < 4.78 is 0.782. The number of carbonyl (C=O) groups excluding carboxylic acids is 1. The van der Waals surface area contributed by atoms with Crippen LogP contribution in [0.3, 0.4) is 0 Å². The van der Waals surface area contributed by atoms with Gasteiger partial charge in [-0.1, -0.05) is 46.1 Å². The third kappa shape index (κ3) is 3.65. The number of nitrogens with two attached hydrogens (primary N) is 2. The SMILES string of the molecule is NC1=NC2(CCCCC2)N(c2ccc(Br)cc2C(=O)c2ccccc2Cl)C(N)=N1. The standard InChI is InChI=1S/C21H21BrClN5O/c22-13-8-9-17(15(12-13)18(29)14-6-2-3-7-16(14)23)28-20(25)26-19(24)27-21(28)10-4-1-5-11-21/h2-3,6-9,12H,1,4-5,10-11H2,(H4,24,25,26,27). The number of halogens is 2. The number of guanidine groups is 2. The largest absolute Gasteiger partial charge is 0.369 e. The van der Waals surface area contributed by atoms with E-state index in [4.69, 9.17) is 28.1 Å². The van der Waals surface area contributed by atoms with E-state index < -0.39 is 5.66 Å². The Kier molecular flexibility index (Phi) is 5.36. The van der Waals surface area contributed by atoms with Gasteiger partial charge in [-0.05, 0) is 56.0 Å². The minimum atomic E-state index is -0.627. The Morgan fingerprint density at radius 2 is 1.79 bits per heavy atom. The van der Waals surface area contributed by atoms with Crippen molar-refractivity contribution in [3.63, 3.8) is 0 Å². The van der Waals surface area contributed by atoms with E-state index in [1.54, 1.807) is 30.3 Å². The van der Waals surface area contributed by atoms with Crippen molar-refractivity contribution in [2.24, 2.45) is 21.5 Å². The third-order valence-corrected chi connectivity index (χ3v) is 6.24. The first-order valence-electron chi connectivity index (χ1n) is 9.50. The second-order valence-electron chi connectivity index (χ2n) is 7.29. The molecule has 1 saturated carbocycles. The molecule has 1 fully saturated rings. The molecule has 1 aliphatic heterocycles. The Balaban J connectivity index is 1.88. The van der Waals surface area contributed by atoms with Crippen LogP contribution < -0.4 is 16.4 Å². The molecule has 0 atom stereocenters. The lowest BCUT2D eigenvalue weighted by Crippen LogP contribution is -2.58. The van der Waals surface area contributed by atoms with Gasteiger partial charge >= 0.3 is 0 Å². The summed E-state index contributed by atoms with van der Waals surface area (Å²) in [5.41, 5.74) is 13.2. The predicted molar refractivity (Wildman–Crippen MR) is 121 cm³/mol. The molecule has 6 nitrogen and oxygen atoms in total. The van der Waals surface area contributed by atoms with Gasteiger partial charge in [0.2, 0.25) is 11.9 Å². The summed E-state index contributed by atoms with van der Waals surface area (Å²) in [4.78, 5) is 24.2. The number of hydrogen-bond donors (Lipinski definition) is 2. The molecule has 0 amide bonds. The van der Waals surface area contributed by atoms with Gasteiger partial charge in [0, 0.05) is 15.6 Å². The van der Waals surface area contributed by atoms with Crippen molar-refractivity contribution in [1.29, 1.82) is 0 Å². The molecule has 8 heteroatoms. The molecule has 2 aliphatic rings. The van der Waals surface area contributed by atoms with Gasteiger partial charge in [0.25, 0.3) is 0 Å². The molecule has 150 valence electrons. The van der Waals surface area contributed by atoms with Crippen LogP contribution in [0, 0.1) is 0 Å². The van der Waals surface area contributed by atoms with E-state index in [0.29, 0.717) is 21.8 Å². The predicted octanol–water partition coefficient (Wildman–Crippen LogP) is 4.44. The van der Waals surface area contributed by atoms with Gasteiger partial charge in [-0.25, -0.2) is 4.99 Å². The Morgan fingerprint density at radius 1 is 1.07 bits per heavy atom. The van der Waals surface area contributed by atoms with Crippen LogP contribution in [0.2, 0.25) is 5.02 Å². The van der Waals surface area contributed by atoms with Crippen molar-refractivity contribution in [1.82, 2.24) is 0 Å². The number of aliphatic imine (C=N–C) groups is 2. The molecule has 0 bridgehead atoms. The highest BCUT2D eigenvalue weighted by molar-refractivity contribution is 9.10. The van der Waals surface area contributed by atoms with Crippen LogP contribution >= 0.6 is 27.5 Å². The Morgan fingerprint density at radius 3 is 2.52 bits per heavy atom. The summed E-state index contributed by atoms with van der Waals surface area (Å²) in [6, 6.07) is 12.5. The summed E-state index contributed by atoms with van der Waals surface area (Å²) in [6.45, 7) is 0. The van der Waals surface area contributed by atoms with Crippen molar-refractivity contribution in [2.45, 2.75) is 37.8 Å². The van der Waals surface area contributed by atoms with Crippen LogP contribution in [-0.2, 0) is 0 Å². The maximum atomic E-state index is 13.5. The van der Waals surface area contributed by atoms with Crippen molar-refractivity contribution in [2.75, 3.05) is 4.90 Å². The Labute approximate surface area is 182 Å². The van der Waals surface area contributed by atoms with Gasteiger partial charge in [-0.15, -0.1) is 0 Å². The van der Waals surface area contributed by atoms with E-state index in [9.17, 15) is 4.79 Å². The lowest BCUT2D eigenvalue weighted by molar-refractivity contribution is 0.103. The summed E-state index contributed by atoms with van der Waals surface area (Å²) in [7, 11) is 0. The zero-order chi connectivity index (χ0) is 20.6. The molecule has 0 radical (unpaired) electrons. The smallest absolute Gasteiger partial charge is 0.220 e. The highest BCUT2D eigenvalue weighted by Crippen LogP contribution is 2.41. The lowest BCUT2D eigenvalue weighted by atomic mass is 9.86. The minimum absolute atomic E-state index is 0.178. The molecule has 29 heavy (non-hydrogen) atoms. The number of benzene rings is 2. The first kappa shape index (κ1) is 19.9. The highest BCUT2D eigenvalue weighted by atomic mass is 79.9. The average Bonchev–Trinajstić information content (AvgIpc) is 2.69. The number of ketones is 1. The normalized spacial score (nSPS) is 18.3. The zero-order valence-corrected chi connectivity index (χ0v) is 18.1. The fourth-order valence-corrected chi connectivity index (χ4v) is 4.73. The molecule has 0 unspecified atom stereocenters. The van der Waals surface area contributed by atoms with Crippen molar-refractivity contribution < 1.29 is 4.79 Å². The first-order chi connectivity index (χ1) is 13.9. The molecule has 4 rings (SSSR count). The molecule has 0 aromatic heterocycles. The van der Waals surface area contributed by atoms with E-state index in [1.807, 2.05) is 17.0 Å². The molecule has 1 aliphatic carbocycles. The van der Waals surface area contributed by atoms with Gasteiger partial charge in [-0.3, -0.25) is 9.69 Å². The van der Waals surface area contributed by atoms with E-state index in [0.717, 1.165) is 36.6 Å². The number of anilines is 1. The van der Waals surface area contributed by atoms with Gasteiger partial charge in [0.05, 0.1) is 10.7 Å². The van der Waals surface area contributed by atoms with Crippen LogP contribution in [-0.4, -0.2) is 23.4 Å². The highest BCUT2D eigenvalue weighted by Gasteiger charge is 2.43. The average molecular weight is 475 g/mol. The third-order valence-electron chi connectivity index (χ3n) is 5.41. The molecule has 1 heterocycles. The van der Waals surface area contributed by atoms with Crippen molar-refractivity contribution in [3.8, 4) is 0 Å². The fourth-order valence-electron chi connectivity index (χ4n) is 4.15. The summed E-state index contributed by atoms with van der Waals surface area (Å²) in [5, 5.41) is 0.401. The van der Waals surface area contributed by atoms with Crippen LogP contribution in [0.5, 0.6) is 0 Å². The number of nitrogens with zero attached hydrogens (tertiary/aromatic N) is 3. The maximum Gasteiger partial charge on any atom is 0.220 e. The molecular formula is C21H21BrClN5O. The molecule has 0 saturated heterocycles. The maximum absolute atomic E-state index is 13.5. The second kappa shape index (κ2) is 7.80. The molecule has 1 spiro atoms. The van der Waals surface area contributed by atoms with Crippen LogP contribution in [0.4, 0.5) is 5.69 Å². The van der Waals surface area contributed by atoms with Crippen LogP contribution in [0.1, 0.15) is 48.0 Å². The van der Waals surface area contributed by atoms with Crippen LogP contribution in [0.15, 0.2) is 56.9 Å². The first-order valence-corrected chi connectivity index (χ1v) is 10.7. The number of carbonyl (C=O) groups is 1. The summed E-state index contributed by atoms with van der Waals surface area (Å²) >= 11 is 9.78. The number of rotatable bonds is 3. The fraction of sp³-hybridized carbons (Fsp3) is 0.286. The monoisotopic (exact) mass is 473 g/mol. The second-order valence-corrected chi connectivity index (χ2v) is 8.61. The van der Waals surface area contributed by atoms with E-state index in [1.165, 1.54) is 0 Å². The minimum Gasteiger partial charge on any atom is -0.369 e. The van der Waals surface area contributed by atoms with Gasteiger partial charge in [-0.2, -0.15) is 4.99 Å². The summed E-state index contributed by atoms with van der Waals surface area (Å²) in [6.07, 6.45) is 4.73. The molecule has 2 aromatic carbocycles. The van der Waals surface area contributed by atoms with Gasteiger partial charge in [0.1, 0.15) is 5.66 Å². The van der Waals surface area contributed by atoms with Crippen molar-refractivity contribution in [3.05, 3.63) is 63.1 Å². The van der Waals surface area contributed by atoms with Gasteiger partial charge < -0.3 is 11.5 Å². The van der Waals surface area contributed by atoms with E-state index in [-0.39, 0.29) is 17.7 Å². The lowest BCUT2D eigenvalue weighted by Gasteiger charge is -2.46. The quantitative estimate of drug-likeness (QED) is 0.643. The molecule has 4 N–H and O–H groups in total. The van der Waals surface area contributed by atoms with Crippen molar-refractivity contribution >= 4 is 50.9 Å².